The van der Waals surface area contributed by atoms with Gasteiger partial charge in [0, 0.05) is 129 Å². The Balaban J connectivity index is 0.728. The summed E-state index contributed by atoms with van der Waals surface area (Å²) >= 11 is 5.09. The number of hydrogen-bond donors (Lipinski definition) is 4. The molecule has 4 aromatic rings. The Kier molecular flexibility index (Phi) is 24.8. The summed E-state index contributed by atoms with van der Waals surface area (Å²) in [5.74, 6) is 0.903. The van der Waals surface area contributed by atoms with Crippen molar-refractivity contribution in [2.45, 2.75) is 111 Å². The molecular formula is C56H79BrN8O10S. The zero-order valence-electron chi connectivity index (χ0n) is 45.0. The number of aliphatic hydroxyl groups excluding tert-OH is 1. The highest BCUT2D eigenvalue weighted by molar-refractivity contribution is 9.10. The fourth-order valence-corrected chi connectivity index (χ4v) is 9.87. The number of aryl methyl sites for hydroxylation is 1. The number of aromatic nitrogens is 3. The molecule has 1 saturated carbocycles. The molecule has 3 amide bonds. The fourth-order valence-electron chi connectivity index (χ4n) is 8.73. The van der Waals surface area contributed by atoms with Gasteiger partial charge < -0.3 is 54.5 Å². The third-order valence-electron chi connectivity index (χ3n) is 13.5. The lowest BCUT2D eigenvalue weighted by molar-refractivity contribution is -0.146. The minimum absolute atomic E-state index is 0.0289. The zero-order valence-corrected chi connectivity index (χ0v) is 47.4. The van der Waals surface area contributed by atoms with Gasteiger partial charge in [0.25, 0.3) is 0 Å². The quantitative estimate of drug-likeness (QED) is 0.0323. The Morgan fingerprint density at radius 2 is 1.50 bits per heavy atom. The number of halogens is 1. The minimum atomic E-state index is -0.826. The number of β-amino-alcohol motifs (C(OH)–C–C–N with tert-alkyl or cyclic N) is 1. The van der Waals surface area contributed by atoms with E-state index in [1.54, 1.807) is 22.4 Å². The summed E-state index contributed by atoms with van der Waals surface area (Å²) in [5.41, 5.74) is 5.05. The Bertz CT molecular complexity index is 2420. The van der Waals surface area contributed by atoms with Crippen molar-refractivity contribution in [3.05, 3.63) is 76.0 Å². The molecule has 416 valence electrons. The number of thiazole rings is 1. The van der Waals surface area contributed by atoms with E-state index in [1.807, 2.05) is 88.8 Å². The molecule has 20 heteroatoms. The van der Waals surface area contributed by atoms with Gasteiger partial charge in [0.1, 0.15) is 23.4 Å². The predicted octanol–water partition coefficient (Wildman–Crippen LogP) is 8.38. The summed E-state index contributed by atoms with van der Waals surface area (Å²) in [4.78, 5) is 70.7. The van der Waals surface area contributed by atoms with Gasteiger partial charge in [-0.3, -0.25) is 19.2 Å². The Hall–Kier alpha value is -5.09. The first kappa shape index (κ1) is 60.1. The summed E-state index contributed by atoms with van der Waals surface area (Å²) in [5, 5.41) is 20.1. The van der Waals surface area contributed by atoms with Crippen LogP contribution in [0.25, 0.3) is 10.4 Å². The van der Waals surface area contributed by atoms with Crippen molar-refractivity contribution in [1.29, 1.82) is 0 Å². The van der Waals surface area contributed by atoms with Crippen LogP contribution in [0, 0.1) is 24.2 Å². The molecule has 2 aliphatic rings. The molecule has 1 saturated heterocycles. The lowest BCUT2D eigenvalue weighted by Crippen LogP contribution is -2.50. The van der Waals surface area contributed by atoms with E-state index in [4.69, 9.17) is 23.7 Å². The Morgan fingerprint density at radius 3 is 2.09 bits per heavy atom. The Labute approximate surface area is 460 Å². The van der Waals surface area contributed by atoms with Crippen molar-refractivity contribution in [1.82, 2.24) is 30.1 Å². The van der Waals surface area contributed by atoms with Gasteiger partial charge >= 0.3 is 0 Å². The van der Waals surface area contributed by atoms with Gasteiger partial charge in [-0.15, -0.1) is 11.3 Å². The lowest BCUT2D eigenvalue weighted by Gasteiger charge is -2.34. The molecule has 0 spiro atoms. The maximum absolute atomic E-state index is 14.0. The molecule has 6 rings (SSSR count). The van der Waals surface area contributed by atoms with Crippen molar-refractivity contribution < 1.29 is 48.0 Å². The summed E-state index contributed by atoms with van der Waals surface area (Å²) in [6, 6.07) is 14.7. The van der Waals surface area contributed by atoms with Crippen LogP contribution in [-0.4, -0.2) is 152 Å². The average molecular weight is 1140 g/mol. The van der Waals surface area contributed by atoms with Crippen LogP contribution in [0.1, 0.15) is 96.2 Å². The van der Waals surface area contributed by atoms with Crippen molar-refractivity contribution in [3.8, 4) is 16.2 Å². The highest BCUT2D eigenvalue weighted by Crippen LogP contribution is 2.34. The van der Waals surface area contributed by atoms with Crippen LogP contribution in [0.4, 0.5) is 17.5 Å². The van der Waals surface area contributed by atoms with Crippen molar-refractivity contribution >= 4 is 68.2 Å². The molecule has 0 unspecified atom stereocenters. The largest absolute Gasteiger partial charge is 0.494 e. The van der Waals surface area contributed by atoms with E-state index in [0.717, 1.165) is 76.1 Å². The molecule has 2 aromatic heterocycles. The summed E-state index contributed by atoms with van der Waals surface area (Å²) in [6.45, 7) is 14.0. The van der Waals surface area contributed by atoms with Gasteiger partial charge in [-0.25, -0.2) is 9.97 Å². The number of ether oxygens (including phenoxy) is 5. The van der Waals surface area contributed by atoms with Crippen LogP contribution >= 0.6 is 27.3 Å². The smallest absolute Gasteiger partial charge is 0.243 e. The molecule has 1 aliphatic heterocycles. The van der Waals surface area contributed by atoms with Crippen molar-refractivity contribution in [3.63, 3.8) is 0 Å². The molecule has 0 radical (unpaired) electrons. The zero-order chi connectivity index (χ0) is 54.3. The van der Waals surface area contributed by atoms with Gasteiger partial charge in [0.05, 0.1) is 39.9 Å². The molecule has 1 aliphatic carbocycles. The highest BCUT2D eigenvalue weighted by atomic mass is 79.9. The van der Waals surface area contributed by atoms with Gasteiger partial charge in [0.2, 0.25) is 23.7 Å². The number of carbonyl (C=O) groups excluding carboxylic acids is 4. The van der Waals surface area contributed by atoms with Gasteiger partial charge in [-0.1, -0.05) is 51.5 Å². The van der Waals surface area contributed by atoms with E-state index >= 15 is 0 Å². The first-order chi connectivity index (χ1) is 36.7. The van der Waals surface area contributed by atoms with E-state index in [2.05, 4.69) is 46.8 Å². The molecule has 2 aromatic carbocycles. The van der Waals surface area contributed by atoms with Crippen LogP contribution < -0.4 is 20.7 Å². The fraction of sp³-hybridized carbons (Fsp3) is 0.589. The first-order valence-electron chi connectivity index (χ1n) is 26.8. The second-order valence-electron chi connectivity index (χ2n) is 20.6. The second kappa shape index (κ2) is 31.3. The second-order valence-corrected chi connectivity index (χ2v) is 22.3. The van der Waals surface area contributed by atoms with Crippen LogP contribution in [0.3, 0.4) is 0 Å². The monoisotopic (exact) mass is 1130 g/mol. The molecule has 4 N–H and O–H groups in total. The number of hydrogen-bond acceptors (Lipinski definition) is 16. The van der Waals surface area contributed by atoms with Crippen LogP contribution in [0.5, 0.6) is 5.75 Å². The topological polar surface area (TPSA) is 216 Å². The summed E-state index contributed by atoms with van der Waals surface area (Å²) in [6.07, 6.45) is 7.38. The van der Waals surface area contributed by atoms with Crippen LogP contribution in [0.15, 0.2) is 64.7 Å². The average Bonchev–Trinajstić information content (AvgIpc) is 4.01. The molecule has 76 heavy (non-hydrogen) atoms. The predicted molar refractivity (Wildman–Crippen MR) is 298 cm³/mol. The molecular weight excluding hydrogens is 1060 g/mol. The maximum Gasteiger partial charge on any atom is 0.243 e. The van der Waals surface area contributed by atoms with E-state index in [-0.39, 0.29) is 68.4 Å². The molecule has 3 atom stereocenters. The van der Waals surface area contributed by atoms with Crippen molar-refractivity contribution in [2.24, 2.45) is 17.3 Å². The number of aliphatic hydroxyl groups is 1. The summed E-state index contributed by atoms with van der Waals surface area (Å²) < 4.78 is 29.6. The number of likely N-dealkylation sites (N-methyl/N-ethyl adjacent to an activating group) is 1. The van der Waals surface area contributed by atoms with Crippen LogP contribution in [-0.2, 0) is 44.7 Å². The van der Waals surface area contributed by atoms with E-state index in [0.29, 0.717) is 84.1 Å². The molecule has 2 fully saturated rings. The number of nitrogens with one attached hydrogen (secondary N) is 3. The first-order valence-corrected chi connectivity index (χ1v) is 28.4. The lowest BCUT2D eigenvalue weighted by atomic mass is 9.76. The molecule has 0 bridgehead atoms. The molecule has 3 heterocycles. The number of anilines is 3. The third-order valence-corrected chi connectivity index (χ3v) is 15.0. The SMILES string of the molecule is Cc1ncsc1-c1ccc(CNC(=O)[C@H]2C[C@H](O)CN2C(=O)[C@H](CC(=O)CCOCCCOCCCOCCCOCCCOc2ccc(Nc3ncc(Br)c(NCCN(C)C(=O)C4CCC4)n3)cc2)C(C)(C)C)cc1. The van der Waals surface area contributed by atoms with E-state index in [1.165, 1.54) is 4.90 Å². The minimum Gasteiger partial charge on any atom is -0.494 e. The summed E-state index contributed by atoms with van der Waals surface area (Å²) in [7, 11) is 1.85. The Morgan fingerprint density at radius 1 is 0.868 bits per heavy atom. The van der Waals surface area contributed by atoms with E-state index < -0.39 is 23.5 Å². The van der Waals surface area contributed by atoms with Gasteiger partial charge in [-0.05, 0) is 95.8 Å². The van der Waals surface area contributed by atoms with Crippen molar-refractivity contribution in [2.75, 3.05) is 96.8 Å². The maximum atomic E-state index is 14.0. The van der Waals surface area contributed by atoms with Crippen LogP contribution in [0.2, 0.25) is 0 Å². The standard InChI is InChI=1S/C56H79BrN8O10S/c1-39-50(76-38-61-39)41-15-13-40(14-16-41)35-59-52(68)49-34-45(67)37-65(49)54(70)47(56(2,3)4)33-44(66)21-32-74-29-9-28-72-25-7-24-71-26-8-27-73-30-10-31-75-46-19-17-43(18-20-46)62-55-60-36-48(57)51(63-55)58-22-23-64(5)53(69)42-11-6-12-42/h13-20,36,38,42,45,47,49,67H,6-12,21-35,37H2,1-5H3,(H,59,68)(H2,58,60,62,63)/t45-,47-,49+/m0/s1. The normalized spacial score (nSPS) is 16.0. The number of benzene rings is 2. The molecule has 18 nitrogen and oxygen atoms in total. The number of Topliss-reactive ketones (excluding diaryl/α,β-unsaturated/α-hetero) is 1. The van der Waals surface area contributed by atoms with Gasteiger partial charge in [0.15, 0.2) is 0 Å². The number of likely N-dealkylation sites (tertiary alicyclic amines) is 1. The third kappa shape index (κ3) is 19.7. The number of carbonyl (C=O) groups is 4. The number of amides is 3. The van der Waals surface area contributed by atoms with Gasteiger partial charge in [-0.2, -0.15) is 4.98 Å². The number of ketones is 1. The van der Waals surface area contributed by atoms with E-state index in [9.17, 15) is 24.3 Å². The highest BCUT2D eigenvalue weighted by Gasteiger charge is 2.44. The number of rotatable bonds is 34. The number of nitrogens with zero attached hydrogens (tertiary/aromatic N) is 5.